The Kier molecular flexibility index (Phi) is 4.83. The van der Waals surface area contributed by atoms with Crippen LogP contribution in [0.1, 0.15) is 12.0 Å². The average Bonchev–Trinajstić information content (AvgIpc) is 2.60. The number of nitrogens with two attached hydrogens (primary N) is 1. The summed E-state index contributed by atoms with van der Waals surface area (Å²) >= 11 is 3.62. The highest BCUT2D eigenvalue weighted by molar-refractivity contribution is 9.10. The summed E-state index contributed by atoms with van der Waals surface area (Å²) in [6.07, 6.45) is 2.02. The first-order valence-electron chi connectivity index (χ1n) is 6.12. The third kappa shape index (κ3) is 3.44. The summed E-state index contributed by atoms with van der Waals surface area (Å²) in [5, 5.41) is 0. The quantitative estimate of drug-likeness (QED) is 0.929. The van der Waals surface area contributed by atoms with E-state index in [1.54, 1.807) is 0 Å². The highest BCUT2D eigenvalue weighted by Crippen LogP contribution is 2.25. The van der Waals surface area contributed by atoms with Gasteiger partial charge in [0.1, 0.15) is 0 Å². The molecule has 1 aromatic rings. The first-order valence-corrected chi connectivity index (χ1v) is 6.92. The zero-order valence-corrected chi connectivity index (χ0v) is 11.6. The molecule has 0 amide bonds. The van der Waals surface area contributed by atoms with Crippen LogP contribution in [0.3, 0.4) is 0 Å². The molecule has 0 bridgehead atoms. The Labute approximate surface area is 111 Å². The summed E-state index contributed by atoms with van der Waals surface area (Å²) in [6, 6.07) is 6.54. The van der Waals surface area contributed by atoms with Crippen LogP contribution < -0.4 is 10.6 Å². The van der Waals surface area contributed by atoms with Gasteiger partial charge in [-0.25, -0.2) is 0 Å². The zero-order chi connectivity index (χ0) is 12.1. The van der Waals surface area contributed by atoms with E-state index >= 15 is 0 Å². The Balaban J connectivity index is 2.12. The van der Waals surface area contributed by atoms with E-state index in [1.165, 1.54) is 11.3 Å². The Bertz CT molecular complexity index is 362. The van der Waals surface area contributed by atoms with E-state index in [1.807, 2.05) is 0 Å². The van der Waals surface area contributed by atoms with Crippen molar-refractivity contribution in [3.63, 3.8) is 0 Å². The Morgan fingerprint density at radius 2 is 2.18 bits per heavy atom. The summed E-state index contributed by atoms with van der Waals surface area (Å²) in [4.78, 5) is 2.38. The third-order valence-electron chi connectivity index (χ3n) is 3.04. The molecule has 1 saturated heterocycles. The summed E-state index contributed by atoms with van der Waals surface area (Å²) < 4.78 is 6.63. The fraction of sp³-hybridized carbons (Fsp3) is 0.538. The lowest BCUT2D eigenvalue weighted by Gasteiger charge is -2.22. The minimum atomic E-state index is 0.690. The molecule has 1 aromatic carbocycles. The van der Waals surface area contributed by atoms with Gasteiger partial charge < -0.3 is 15.4 Å². The van der Waals surface area contributed by atoms with Crippen LogP contribution in [0.5, 0.6) is 0 Å². The number of halogens is 1. The van der Waals surface area contributed by atoms with E-state index in [4.69, 9.17) is 10.5 Å². The van der Waals surface area contributed by atoms with Crippen LogP contribution in [0.4, 0.5) is 5.69 Å². The number of rotatable bonds is 3. The second kappa shape index (κ2) is 6.38. The number of hydrogen-bond donors (Lipinski definition) is 1. The van der Waals surface area contributed by atoms with Crippen molar-refractivity contribution in [3.8, 4) is 0 Å². The van der Waals surface area contributed by atoms with Crippen LogP contribution in [0.2, 0.25) is 0 Å². The predicted octanol–water partition coefficient (Wildman–Crippen LogP) is 2.18. The van der Waals surface area contributed by atoms with Gasteiger partial charge in [0.15, 0.2) is 0 Å². The molecule has 4 heteroatoms. The lowest BCUT2D eigenvalue weighted by atomic mass is 10.1. The van der Waals surface area contributed by atoms with Gasteiger partial charge in [-0.3, -0.25) is 0 Å². The van der Waals surface area contributed by atoms with Crippen LogP contribution in [0.15, 0.2) is 22.7 Å². The third-order valence-corrected chi connectivity index (χ3v) is 3.78. The molecule has 0 spiro atoms. The van der Waals surface area contributed by atoms with Crippen molar-refractivity contribution in [2.24, 2.45) is 5.73 Å². The fourth-order valence-corrected chi connectivity index (χ4v) is 2.66. The van der Waals surface area contributed by atoms with Gasteiger partial charge in [0.25, 0.3) is 0 Å². The molecule has 94 valence electrons. The molecule has 0 unspecified atom stereocenters. The van der Waals surface area contributed by atoms with Crippen molar-refractivity contribution in [2.45, 2.75) is 12.8 Å². The highest BCUT2D eigenvalue weighted by Gasteiger charge is 2.11. The first kappa shape index (κ1) is 12.9. The SMILES string of the molecule is NCCc1ccc(N2CCCOCC2)cc1Br. The molecule has 0 aliphatic carbocycles. The van der Waals surface area contributed by atoms with Crippen molar-refractivity contribution in [1.82, 2.24) is 0 Å². The normalized spacial score (nSPS) is 16.9. The standard InChI is InChI=1S/C13H19BrN2O/c14-13-10-12(3-2-11(13)4-5-15)16-6-1-8-17-9-7-16/h2-3,10H,1,4-9,15H2. The molecule has 0 atom stereocenters. The minimum Gasteiger partial charge on any atom is -0.380 e. The molecule has 2 rings (SSSR count). The summed E-state index contributed by atoms with van der Waals surface area (Å²) in [5.74, 6) is 0. The highest BCUT2D eigenvalue weighted by atomic mass is 79.9. The minimum absolute atomic E-state index is 0.690. The van der Waals surface area contributed by atoms with E-state index in [0.29, 0.717) is 6.54 Å². The number of hydrogen-bond acceptors (Lipinski definition) is 3. The van der Waals surface area contributed by atoms with Crippen molar-refractivity contribution >= 4 is 21.6 Å². The molecule has 1 fully saturated rings. The van der Waals surface area contributed by atoms with Crippen LogP contribution in [0, 0.1) is 0 Å². The van der Waals surface area contributed by atoms with Gasteiger partial charge >= 0.3 is 0 Å². The zero-order valence-electron chi connectivity index (χ0n) is 9.99. The maximum atomic E-state index is 5.58. The van der Waals surface area contributed by atoms with Crippen LogP contribution in [0.25, 0.3) is 0 Å². The topological polar surface area (TPSA) is 38.5 Å². The Hall–Kier alpha value is -0.580. The van der Waals surface area contributed by atoms with E-state index in [9.17, 15) is 0 Å². The summed E-state index contributed by atoms with van der Waals surface area (Å²) in [7, 11) is 0. The maximum Gasteiger partial charge on any atom is 0.0641 e. The lowest BCUT2D eigenvalue weighted by molar-refractivity contribution is 0.152. The van der Waals surface area contributed by atoms with Crippen LogP contribution in [-0.4, -0.2) is 32.8 Å². The Morgan fingerprint density at radius 1 is 1.29 bits per heavy atom. The summed E-state index contributed by atoms with van der Waals surface area (Å²) in [6.45, 7) is 4.44. The molecule has 3 nitrogen and oxygen atoms in total. The second-order valence-corrected chi connectivity index (χ2v) is 5.12. The van der Waals surface area contributed by atoms with Gasteiger partial charge in [-0.1, -0.05) is 22.0 Å². The van der Waals surface area contributed by atoms with Gasteiger partial charge in [-0.15, -0.1) is 0 Å². The van der Waals surface area contributed by atoms with E-state index in [-0.39, 0.29) is 0 Å². The molecule has 2 N–H and O–H groups in total. The maximum absolute atomic E-state index is 5.58. The predicted molar refractivity (Wildman–Crippen MR) is 74.5 cm³/mol. The largest absolute Gasteiger partial charge is 0.380 e. The monoisotopic (exact) mass is 298 g/mol. The number of nitrogens with zero attached hydrogens (tertiary/aromatic N) is 1. The molecule has 0 aromatic heterocycles. The molecule has 1 aliphatic rings. The average molecular weight is 299 g/mol. The smallest absolute Gasteiger partial charge is 0.0641 e. The molecule has 1 heterocycles. The number of anilines is 1. The number of benzene rings is 1. The fourth-order valence-electron chi connectivity index (χ4n) is 2.10. The van der Waals surface area contributed by atoms with Crippen molar-refractivity contribution in [1.29, 1.82) is 0 Å². The van der Waals surface area contributed by atoms with Gasteiger partial charge in [-0.2, -0.15) is 0 Å². The molecule has 1 aliphatic heterocycles. The van der Waals surface area contributed by atoms with Crippen molar-refractivity contribution in [3.05, 3.63) is 28.2 Å². The van der Waals surface area contributed by atoms with Gasteiger partial charge in [0.2, 0.25) is 0 Å². The van der Waals surface area contributed by atoms with E-state index in [0.717, 1.165) is 43.6 Å². The van der Waals surface area contributed by atoms with E-state index in [2.05, 4.69) is 39.0 Å². The molecule has 17 heavy (non-hydrogen) atoms. The van der Waals surface area contributed by atoms with Crippen LogP contribution >= 0.6 is 15.9 Å². The molecule has 0 radical (unpaired) electrons. The molecular formula is C13H19BrN2O. The van der Waals surface area contributed by atoms with Gasteiger partial charge in [0.05, 0.1) is 6.61 Å². The molecular weight excluding hydrogens is 280 g/mol. The lowest BCUT2D eigenvalue weighted by Crippen LogP contribution is -2.25. The van der Waals surface area contributed by atoms with Crippen LogP contribution in [-0.2, 0) is 11.2 Å². The van der Waals surface area contributed by atoms with Gasteiger partial charge in [0, 0.05) is 29.9 Å². The Morgan fingerprint density at radius 3 is 2.94 bits per heavy atom. The first-order chi connectivity index (χ1) is 8.31. The van der Waals surface area contributed by atoms with E-state index < -0.39 is 0 Å². The number of ether oxygens (including phenoxy) is 1. The summed E-state index contributed by atoms with van der Waals surface area (Å²) in [5.41, 5.74) is 8.13. The second-order valence-electron chi connectivity index (χ2n) is 4.27. The van der Waals surface area contributed by atoms with Gasteiger partial charge in [-0.05, 0) is 37.1 Å². The molecule has 0 saturated carbocycles. The van der Waals surface area contributed by atoms with Crippen molar-refractivity contribution in [2.75, 3.05) is 37.7 Å². The van der Waals surface area contributed by atoms with Crippen molar-refractivity contribution < 1.29 is 4.74 Å².